The highest BCUT2D eigenvalue weighted by molar-refractivity contribution is 6.32. The standard InChI is InChI=1S/C12H13ClN4/c1-2-10(16-17-12(14)15)8-7-9-5-3-4-6-11(9)13/h2-8H,1H2,(H4,14,15,17). The van der Waals surface area contributed by atoms with E-state index < -0.39 is 0 Å². The predicted molar refractivity (Wildman–Crippen MR) is 73.9 cm³/mol. The van der Waals surface area contributed by atoms with Gasteiger partial charge in [-0.15, -0.1) is 10.2 Å². The number of nitrogens with zero attached hydrogens (tertiary/aromatic N) is 2. The van der Waals surface area contributed by atoms with Crippen LogP contribution in [0.2, 0.25) is 5.02 Å². The quantitative estimate of drug-likeness (QED) is 0.487. The molecule has 1 rings (SSSR count). The maximum Gasteiger partial charge on any atom is 0.211 e. The van der Waals surface area contributed by atoms with E-state index in [-0.39, 0.29) is 5.96 Å². The van der Waals surface area contributed by atoms with Crippen LogP contribution in [0.5, 0.6) is 0 Å². The molecule has 0 saturated carbocycles. The van der Waals surface area contributed by atoms with Crippen molar-refractivity contribution in [3.05, 3.63) is 53.6 Å². The van der Waals surface area contributed by atoms with E-state index in [0.29, 0.717) is 10.7 Å². The third-order valence-electron chi connectivity index (χ3n) is 1.83. The summed E-state index contributed by atoms with van der Waals surface area (Å²) in [4.78, 5) is 0. The van der Waals surface area contributed by atoms with Crippen LogP contribution in [0.1, 0.15) is 5.56 Å². The van der Waals surface area contributed by atoms with E-state index in [9.17, 15) is 0 Å². The summed E-state index contributed by atoms with van der Waals surface area (Å²) in [5.74, 6) is -0.101. The summed E-state index contributed by atoms with van der Waals surface area (Å²) in [6.45, 7) is 3.61. The number of guanidine groups is 1. The Kier molecular flexibility index (Phi) is 4.97. The second kappa shape index (κ2) is 6.50. The van der Waals surface area contributed by atoms with Gasteiger partial charge in [0.25, 0.3) is 0 Å². The normalized spacial score (nSPS) is 11.5. The Morgan fingerprint density at radius 3 is 2.53 bits per heavy atom. The summed E-state index contributed by atoms with van der Waals surface area (Å²) in [5.41, 5.74) is 11.8. The molecule has 17 heavy (non-hydrogen) atoms. The van der Waals surface area contributed by atoms with Crippen molar-refractivity contribution < 1.29 is 0 Å². The first-order chi connectivity index (χ1) is 8.13. The van der Waals surface area contributed by atoms with Crippen LogP contribution in [0.3, 0.4) is 0 Å². The monoisotopic (exact) mass is 248 g/mol. The smallest absolute Gasteiger partial charge is 0.211 e. The Bertz CT molecular complexity index is 485. The minimum absolute atomic E-state index is 0.101. The highest BCUT2D eigenvalue weighted by Gasteiger charge is 1.94. The zero-order chi connectivity index (χ0) is 12.7. The molecule has 4 nitrogen and oxygen atoms in total. The van der Waals surface area contributed by atoms with Gasteiger partial charge in [0.15, 0.2) is 0 Å². The Labute approximate surface area is 105 Å². The molecule has 4 N–H and O–H groups in total. The lowest BCUT2D eigenvalue weighted by Crippen LogP contribution is -2.22. The van der Waals surface area contributed by atoms with Crippen LogP contribution in [0.4, 0.5) is 0 Å². The van der Waals surface area contributed by atoms with Gasteiger partial charge >= 0.3 is 0 Å². The molecule has 0 aliphatic carbocycles. The molecule has 0 fully saturated rings. The predicted octanol–water partition coefficient (Wildman–Crippen LogP) is 2.17. The first kappa shape index (κ1) is 13.0. The highest BCUT2D eigenvalue weighted by Crippen LogP contribution is 2.16. The molecular formula is C12H13ClN4. The van der Waals surface area contributed by atoms with E-state index in [1.165, 1.54) is 0 Å². The van der Waals surface area contributed by atoms with Gasteiger partial charge in [0, 0.05) is 5.02 Å². The van der Waals surface area contributed by atoms with Gasteiger partial charge in [-0.3, -0.25) is 0 Å². The van der Waals surface area contributed by atoms with Crippen molar-refractivity contribution in [1.82, 2.24) is 0 Å². The molecule has 1 aromatic rings. The molecule has 88 valence electrons. The Balaban J connectivity index is 2.89. The summed E-state index contributed by atoms with van der Waals surface area (Å²) in [7, 11) is 0. The lowest BCUT2D eigenvalue weighted by atomic mass is 10.2. The van der Waals surface area contributed by atoms with Crippen molar-refractivity contribution in [2.24, 2.45) is 21.7 Å². The van der Waals surface area contributed by atoms with Gasteiger partial charge in [0.05, 0.1) is 5.71 Å². The molecule has 0 amide bonds. The van der Waals surface area contributed by atoms with Crippen molar-refractivity contribution in [1.29, 1.82) is 0 Å². The molecule has 0 aromatic heterocycles. The average molecular weight is 249 g/mol. The van der Waals surface area contributed by atoms with Crippen molar-refractivity contribution in [2.75, 3.05) is 0 Å². The third kappa shape index (κ3) is 4.53. The zero-order valence-electron chi connectivity index (χ0n) is 9.18. The summed E-state index contributed by atoms with van der Waals surface area (Å²) >= 11 is 5.99. The van der Waals surface area contributed by atoms with Gasteiger partial charge in [-0.2, -0.15) is 0 Å². The van der Waals surface area contributed by atoms with Crippen molar-refractivity contribution >= 4 is 29.3 Å². The van der Waals surface area contributed by atoms with Crippen molar-refractivity contribution in [3.8, 4) is 0 Å². The van der Waals surface area contributed by atoms with Crippen LogP contribution < -0.4 is 11.5 Å². The number of rotatable bonds is 4. The Morgan fingerprint density at radius 2 is 1.94 bits per heavy atom. The zero-order valence-corrected chi connectivity index (χ0v) is 9.93. The van der Waals surface area contributed by atoms with Gasteiger partial charge in [-0.25, -0.2) is 0 Å². The second-order valence-corrected chi connectivity index (χ2v) is 3.52. The van der Waals surface area contributed by atoms with Crippen LogP contribution in [0.25, 0.3) is 6.08 Å². The maximum atomic E-state index is 5.99. The van der Waals surface area contributed by atoms with Gasteiger partial charge in [-0.1, -0.05) is 42.5 Å². The van der Waals surface area contributed by atoms with E-state index in [1.807, 2.05) is 30.3 Å². The molecule has 0 unspecified atom stereocenters. The molecule has 1 aromatic carbocycles. The van der Waals surface area contributed by atoms with Gasteiger partial charge < -0.3 is 11.5 Å². The van der Waals surface area contributed by atoms with E-state index >= 15 is 0 Å². The molecule has 0 saturated heterocycles. The number of hydrogen-bond donors (Lipinski definition) is 2. The van der Waals surface area contributed by atoms with Crippen molar-refractivity contribution in [3.63, 3.8) is 0 Å². The fraction of sp³-hybridized carbons (Fsp3) is 0. The first-order valence-electron chi connectivity index (χ1n) is 4.85. The largest absolute Gasteiger partial charge is 0.369 e. The first-order valence-corrected chi connectivity index (χ1v) is 5.23. The minimum Gasteiger partial charge on any atom is -0.369 e. The van der Waals surface area contributed by atoms with Gasteiger partial charge in [0.1, 0.15) is 0 Å². The molecule has 5 heteroatoms. The number of benzene rings is 1. The maximum absolute atomic E-state index is 5.99. The fourth-order valence-electron chi connectivity index (χ4n) is 1.04. The lowest BCUT2D eigenvalue weighted by Gasteiger charge is -1.96. The molecule has 0 atom stereocenters. The Hall–Kier alpha value is -2.07. The van der Waals surface area contributed by atoms with E-state index in [0.717, 1.165) is 5.56 Å². The molecule has 0 heterocycles. The summed E-state index contributed by atoms with van der Waals surface area (Å²) in [5, 5.41) is 7.99. The number of hydrogen-bond acceptors (Lipinski definition) is 2. The Morgan fingerprint density at radius 1 is 1.24 bits per heavy atom. The number of nitrogens with two attached hydrogens (primary N) is 2. The number of allylic oxidation sites excluding steroid dienone is 2. The summed E-state index contributed by atoms with van der Waals surface area (Å²) in [6.07, 6.45) is 5.07. The van der Waals surface area contributed by atoms with E-state index in [2.05, 4.69) is 16.8 Å². The molecule has 0 radical (unpaired) electrons. The molecule has 0 spiro atoms. The molecule has 0 bridgehead atoms. The van der Waals surface area contributed by atoms with Crippen LogP contribution >= 0.6 is 11.6 Å². The SMILES string of the molecule is C=CC(C=Cc1ccccc1Cl)=NN=C(N)N. The fourth-order valence-corrected chi connectivity index (χ4v) is 1.24. The summed E-state index contributed by atoms with van der Waals surface area (Å²) < 4.78 is 0. The second-order valence-electron chi connectivity index (χ2n) is 3.11. The number of halogens is 1. The topological polar surface area (TPSA) is 76.8 Å². The van der Waals surface area contributed by atoms with Crippen LogP contribution in [-0.2, 0) is 0 Å². The molecule has 0 aliphatic rings. The van der Waals surface area contributed by atoms with E-state index in [1.54, 1.807) is 12.2 Å². The summed E-state index contributed by atoms with van der Waals surface area (Å²) in [6, 6.07) is 7.45. The van der Waals surface area contributed by atoms with Crippen LogP contribution in [0, 0.1) is 0 Å². The third-order valence-corrected chi connectivity index (χ3v) is 2.17. The lowest BCUT2D eigenvalue weighted by molar-refractivity contribution is 1.21. The molecule has 0 aliphatic heterocycles. The minimum atomic E-state index is -0.101. The van der Waals surface area contributed by atoms with Crippen LogP contribution in [0.15, 0.2) is 53.2 Å². The van der Waals surface area contributed by atoms with Crippen LogP contribution in [-0.4, -0.2) is 11.7 Å². The average Bonchev–Trinajstić information content (AvgIpc) is 2.31. The van der Waals surface area contributed by atoms with Gasteiger partial charge in [-0.05, 0) is 23.8 Å². The van der Waals surface area contributed by atoms with Crippen molar-refractivity contribution in [2.45, 2.75) is 0 Å². The van der Waals surface area contributed by atoms with E-state index in [4.69, 9.17) is 23.1 Å². The molecular weight excluding hydrogens is 236 g/mol. The van der Waals surface area contributed by atoms with Gasteiger partial charge in [0.2, 0.25) is 5.96 Å². The highest BCUT2D eigenvalue weighted by atomic mass is 35.5.